The lowest BCUT2D eigenvalue weighted by atomic mass is 9.88. The molecule has 2 aromatic rings. The van der Waals surface area contributed by atoms with Crippen LogP contribution in [0.5, 0.6) is 0 Å². The number of fused-ring (bicyclic) bond motifs is 1. The van der Waals surface area contributed by atoms with Crippen LogP contribution in [0.1, 0.15) is 32.3 Å². The van der Waals surface area contributed by atoms with Gasteiger partial charge in [-0.1, -0.05) is 62.7 Å². The van der Waals surface area contributed by atoms with E-state index in [1.165, 1.54) is 0 Å². The molecule has 0 aliphatic carbocycles. The summed E-state index contributed by atoms with van der Waals surface area (Å²) in [6.07, 6.45) is 1.41. The van der Waals surface area contributed by atoms with E-state index in [1.54, 1.807) is 5.48 Å². The minimum atomic E-state index is -0.423. The maximum atomic E-state index is 12.4. The number of hydrogen-bond donors (Lipinski definition) is 3. The zero-order chi connectivity index (χ0) is 18.2. The Balaban J connectivity index is 1.99. The molecule has 2 atom stereocenters. The number of nitrogens with one attached hydrogen (secondary N) is 2. The van der Waals surface area contributed by atoms with Crippen LogP contribution in [0.15, 0.2) is 42.5 Å². The molecule has 0 spiro atoms. The van der Waals surface area contributed by atoms with Crippen molar-refractivity contribution in [1.29, 1.82) is 0 Å². The fourth-order valence-electron chi connectivity index (χ4n) is 3.02. The zero-order valence-electron chi connectivity index (χ0n) is 14.8. The first-order valence-corrected chi connectivity index (χ1v) is 8.71. The van der Waals surface area contributed by atoms with Crippen LogP contribution in [0.4, 0.5) is 0 Å². The Morgan fingerprint density at radius 3 is 2.52 bits per heavy atom. The lowest BCUT2D eigenvalue weighted by Crippen LogP contribution is -2.35. The summed E-state index contributed by atoms with van der Waals surface area (Å²) < 4.78 is 0. The second-order valence-corrected chi connectivity index (χ2v) is 6.50. The first kappa shape index (κ1) is 18.9. The molecule has 0 saturated carbocycles. The van der Waals surface area contributed by atoms with E-state index in [-0.39, 0.29) is 24.2 Å². The van der Waals surface area contributed by atoms with Crippen molar-refractivity contribution in [1.82, 2.24) is 10.8 Å². The largest absolute Gasteiger partial charge is 0.356 e. The number of rotatable bonds is 8. The molecule has 0 aromatic heterocycles. The topological polar surface area (TPSA) is 78.4 Å². The maximum Gasteiger partial charge on any atom is 0.243 e. The predicted molar refractivity (Wildman–Crippen MR) is 98.2 cm³/mol. The molecule has 2 amide bonds. The number of amides is 2. The zero-order valence-corrected chi connectivity index (χ0v) is 14.8. The van der Waals surface area contributed by atoms with E-state index in [0.29, 0.717) is 13.0 Å². The Kier molecular flexibility index (Phi) is 6.95. The standard InChI is InChI=1S/C20H26N2O3/c1-3-14(2)17(12-20(24)22-25)13-21-19(23)11-16-9-6-8-15-7-4-5-10-18(15)16/h4-10,14,17,25H,3,11-13H2,1-2H3,(H,21,23)(H,22,24)/t14-,17-/m0/s1. The monoisotopic (exact) mass is 342 g/mol. The molecule has 0 radical (unpaired) electrons. The SMILES string of the molecule is CC[C@H](C)[C@H](CNC(=O)Cc1cccc2ccccc12)CC(=O)NO. The van der Waals surface area contributed by atoms with Gasteiger partial charge in [0.05, 0.1) is 6.42 Å². The maximum absolute atomic E-state index is 12.4. The van der Waals surface area contributed by atoms with Gasteiger partial charge in [-0.25, -0.2) is 5.48 Å². The normalized spacial score (nSPS) is 13.2. The van der Waals surface area contributed by atoms with Crippen LogP contribution >= 0.6 is 0 Å². The number of hydroxylamine groups is 1. The molecule has 0 heterocycles. The Labute approximate surface area is 148 Å². The van der Waals surface area contributed by atoms with Gasteiger partial charge >= 0.3 is 0 Å². The van der Waals surface area contributed by atoms with Crippen LogP contribution in [0.2, 0.25) is 0 Å². The number of benzene rings is 2. The van der Waals surface area contributed by atoms with Gasteiger partial charge in [-0.2, -0.15) is 0 Å². The van der Waals surface area contributed by atoms with E-state index in [9.17, 15) is 9.59 Å². The molecule has 134 valence electrons. The van der Waals surface area contributed by atoms with Crippen molar-refractivity contribution in [2.45, 2.75) is 33.1 Å². The van der Waals surface area contributed by atoms with Gasteiger partial charge < -0.3 is 5.32 Å². The smallest absolute Gasteiger partial charge is 0.243 e. The van der Waals surface area contributed by atoms with Gasteiger partial charge in [-0.05, 0) is 28.2 Å². The first-order valence-electron chi connectivity index (χ1n) is 8.71. The van der Waals surface area contributed by atoms with Crippen LogP contribution in [0.3, 0.4) is 0 Å². The van der Waals surface area contributed by atoms with Crippen molar-refractivity contribution >= 4 is 22.6 Å². The highest BCUT2D eigenvalue weighted by Gasteiger charge is 2.20. The van der Waals surface area contributed by atoms with Crippen LogP contribution in [-0.2, 0) is 16.0 Å². The Bertz CT molecular complexity index is 724. The summed E-state index contributed by atoms with van der Waals surface area (Å²) >= 11 is 0. The summed E-state index contributed by atoms with van der Waals surface area (Å²) in [5.41, 5.74) is 2.66. The van der Waals surface area contributed by atoms with Crippen LogP contribution in [0, 0.1) is 11.8 Å². The third-order valence-corrected chi connectivity index (χ3v) is 4.81. The van der Waals surface area contributed by atoms with Crippen LogP contribution < -0.4 is 10.8 Å². The van der Waals surface area contributed by atoms with Gasteiger partial charge in [0.25, 0.3) is 0 Å². The molecule has 0 bridgehead atoms. The lowest BCUT2D eigenvalue weighted by molar-refractivity contribution is -0.131. The molecule has 2 aromatic carbocycles. The molecule has 0 aliphatic rings. The molecular weight excluding hydrogens is 316 g/mol. The summed E-state index contributed by atoms with van der Waals surface area (Å²) in [5, 5.41) is 13.9. The summed E-state index contributed by atoms with van der Waals surface area (Å²) in [6.45, 7) is 4.52. The van der Waals surface area contributed by atoms with Gasteiger partial charge in [0.1, 0.15) is 0 Å². The Morgan fingerprint density at radius 1 is 1.08 bits per heavy atom. The van der Waals surface area contributed by atoms with E-state index >= 15 is 0 Å². The minimum Gasteiger partial charge on any atom is -0.356 e. The second kappa shape index (κ2) is 9.18. The van der Waals surface area contributed by atoms with Crippen molar-refractivity contribution in [3.8, 4) is 0 Å². The number of hydrogen-bond acceptors (Lipinski definition) is 3. The van der Waals surface area contributed by atoms with Gasteiger partial charge in [-0.15, -0.1) is 0 Å². The Morgan fingerprint density at radius 2 is 1.80 bits per heavy atom. The van der Waals surface area contributed by atoms with Crippen molar-refractivity contribution in [2.24, 2.45) is 11.8 Å². The van der Waals surface area contributed by atoms with Crippen LogP contribution in [0.25, 0.3) is 10.8 Å². The molecule has 25 heavy (non-hydrogen) atoms. The highest BCUT2D eigenvalue weighted by Crippen LogP contribution is 2.20. The molecule has 0 unspecified atom stereocenters. The molecule has 2 rings (SSSR count). The molecule has 5 heteroatoms. The van der Waals surface area contributed by atoms with Gasteiger partial charge in [-0.3, -0.25) is 14.8 Å². The third kappa shape index (κ3) is 5.29. The molecule has 0 fully saturated rings. The summed E-state index contributed by atoms with van der Waals surface area (Å²) in [4.78, 5) is 23.8. The van der Waals surface area contributed by atoms with Gasteiger partial charge in [0.15, 0.2) is 0 Å². The number of carbonyl (C=O) groups is 2. The predicted octanol–water partition coefficient (Wildman–Crippen LogP) is 3.06. The first-order chi connectivity index (χ1) is 12.0. The third-order valence-electron chi connectivity index (χ3n) is 4.81. The van der Waals surface area contributed by atoms with E-state index in [1.807, 2.05) is 56.3 Å². The molecule has 0 aliphatic heterocycles. The quantitative estimate of drug-likeness (QED) is 0.510. The molecule has 3 N–H and O–H groups in total. The summed E-state index contributed by atoms with van der Waals surface area (Å²) in [5.74, 6) is -0.216. The van der Waals surface area contributed by atoms with Crippen LogP contribution in [-0.4, -0.2) is 23.6 Å². The van der Waals surface area contributed by atoms with E-state index < -0.39 is 5.91 Å². The van der Waals surface area contributed by atoms with Gasteiger partial charge in [0.2, 0.25) is 11.8 Å². The van der Waals surface area contributed by atoms with E-state index in [0.717, 1.165) is 22.8 Å². The Hall–Kier alpha value is -2.40. The highest BCUT2D eigenvalue weighted by atomic mass is 16.5. The second-order valence-electron chi connectivity index (χ2n) is 6.50. The molecule has 5 nitrogen and oxygen atoms in total. The average molecular weight is 342 g/mol. The van der Waals surface area contributed by atoms with Crippen molar-refractivity contribution in [2.75, 3.05) is 6.54 Å². The van der Waals surface area contributed by atoms with Gasteiger partial charge in [0, 0.05) is 13.0 Å². The highest BCUT2D eigenvalue weighted by molar-refractivity contribution is 5.90. The van der Waals surface area contributed by atoms with E-state index in [4.69, 9.17) is 5.21 Å². The molecular formula is C20H26N2O3. The van der Waals surface area contributed by atoms with Crippen molar-refractivity contribution in [3.05, 3.63) is 48.0 Å². The minimum absolute atomic E-state index is 0.00591. The average Bonchev–Trinajstić information content (AvgIpc) is 2.64. The fourth-order valence-corrected chi connectivity index (χ4v) is 3.02. The summed E-state index contributed by atoms with van der Waals surface area (Å²) in [7, 11) is 0. The molecule has 0 saturated heterocycles. The lowest BCUT2D eigenvalue weighted by Gasteiger charge is -2.22. The van der Waals surface area contributed by atoms with Crippen molar-refractivity contribution in [3.63, 3.8) is 0 Å². The summed E-state index contributed by atoms with van der Waals surface area (Å²) in [6, 6.07) is 14.0. The number of carbonyl (C=O) groups excluding carboxylic acids is 2. The fraction of sp³-hybridized carbons (Fsp3) is 0.400. The van der Waals surface area contributed by atoms with Crippen molar-refractivity contribution < 1.29 is 14.8 Å². The van der Waals surface area contributed by atoms with E-state index in [2.05, 4.69) is 5.32 Å².